The summed E-state index contributed by atoms with van der Waals surface area (Å²) in [6.07, 6.45) is 0. The monoisotopic (exact) mass is 333 g/mol. The summed E-state index contributed by atoms with van der Waals surface area (Å²) in [5.41, 5.74) is 11.2. The molecule has 1 N–H and O–H groups in total. The fourth-order valence-corrected chi connectivity index (χ4v) is 2.96. The van der Waals surface area contributed by atoms with E-state index in [4.69, 9.17) is 0 Å². The zero-order chi connectivity index (χ0) is 18.6. The number of nitriles is 1. The van der Waals surface area contributed by atoms with Crippen LogP contribution in [0.5, 0.6) is 0 Å². The molecule has 0 spiro atoms. The molecular weight excluding hydrogens is 310 g/mol. The maximum Gasteiger partial charge on any atom is 0.270 e. The van der Waals surface area contributed by atoms with Gasteiger partial charge in [-0.05, 0) is 63.8 Å². The number of aryl methyl sites for hydroxylation is 6. The van der Waals surface area contributed by atoms with Crippen LogP contribution in [0.2, 0.25) is 0 Å². The third kappa shape index (κ3) is 4.51. The molecule has 0 aliphatic heterocycles. The van der Waals surface area contributed by atoms with E-state index < -0.39 is 0 Å². The largest absolute Gasteiger partial charge is 0.275 e. The summed E-state index contributed by atoms with van der Waals surface area (Å²) in [6, 6.07) is 10.2. The topological polar surface area (TPSA) is 72.9 Å². The standard InChI is InChI=1S/C20H23N5/c1-12-7-14(3)19(15(4)8-12)24-22-18(11-21)23-25-20-16(5)9-13(2)10-17(20)6/h7-10,24H,1-6H3/b22-18-,25-23?. The van der Waals surface area contributed by atoms with E-state index in [2.05, 4.69) is 32.9 Å². The van der Waals surface area contributed by atoms with Crippen molar-refractivity contribution in [1.29, 1.82) is 5.26 Å². The van der Waals surface area contributed by atoms with E-state index in [-0.39, 0.29) is 5.84 Å². The molecule has 0 fully saturated rings. The van der Waals surface area contributed by atoms with Crippen molar-refractivity contribution in [1.82, 2.24) is 0 Å². The number of hydrazone groups is 1. The highest BCUT2D eigenvalue weighted by Gasteiger charge is 2.05. The van der Waals surface area contributed by atoms with Crippen LogP contribution in [0.1, 0.15) is 33.4 Å². The molecule has 0 unspecified atom stereocenters. The molecule has 0 heterocycles. The first kappa shape index (κ1) is 18.3. The fraction of sp³-hybridized carbons (Fsp3) is 0.300. The minimum Gasteiger partial charge on any atom is -0.275 e. The van der Waals surface area contributed by atoms with E-state index in [1.807, 2.05) is 59.7 Å². The Morgan fingerprint density at radius 2 is 1.32 bits per heavy atom. The zero-order valence-corrected chi connectivity index (χ0v) is 15.6. The van der Waals surface area contributed by atoms with Crippen molar-refractivity contribution in [3.8, 4) is 6.07 Å². The predicted octanol–water partition coefficient (Wildman–Crippen LogP) is 5.57. The summed E-state index contributed by atoms with van der Waals surface area (Å²) < 4.78 is 0. The van der Waals surface area contributed by atoms with Crippen molar-refractivity contribution in [3.05, 3.63) is 57.6 Å². The minimum absolute atomic E-state index is 0.0150. The number of nitrogens with one attached hydrogen (secondary N) is 1. The molecule has 0 bridgehead atoms. The van der Waals surface area contributed by atoms with Gasteiger partial charge in [0.25, 0.3) is 5.84 Å². The lowest BCUT2D eigenvalue weighted by molar-refractivity contribution is 1.18. The molecule has 128 valence electrons. The van der Waals surface area contributed by atoms with Gasteiger partial charge < -0.3 is 0 Å². The second kappa shape index (κ2) is 7.71. The normalized spacial score (nSPS) is 11.6. The molecular formula is C20H23N5. The molecule has 0 aromatic heterocycles. The van der Waals surface area contributed by atoms with E-state index in [1.165, 1.54) is 11.1 Å². The van der Waals surface area contributed by atoms with E-state index in [9.17, 15) is 5.26 Å². The van der Waals surface area contributed by atoms with Crippen LogP contribution >= 0.6 is 0 Å². The summed E-state index contributed by atoms with van der Waals surface area (Å²) in [5, 5.41) is 21.6. The van der Waals surface area contributed by atoms with Crippen molar-refractivity contribution in [2.45, 2.75) is 41.5 Å². The van der Waals surface area contributed by atoms with Crippen LogP contribution in [-0.2, 0) is 0 Å². The van der Waals surface area contributed by atoms with Crippen molar-refractivity contribution in [2.75, 3.05) is 5.43 Å². The molecule has 2 rings (SSSR count). The quantitative estimate of drug-likeness (QED) is 0.345. The van der Waals surface area contributed by atoms with Gasteiger partial charge >= 0.3 is 0 Å². The molecule has 5 nitrogen and oxygen atoms in total. The summed E-state index contributed by atoms with van der Waals surface area (Å²) in [5.74, 6) is -0.0150. The summed E-state index contributed by atoms with van der Waals surface area (Å²) in [7, 11) is 0. The number of rotatable bonds is 3. The maximum atomic E-state index is 9.27. The molecule has 0 saturated heterocycles. The van der Waals surface area contributed by atoms with Crippen LogP contribution < -0.4 is 5.43 Å². The van der Waals surface area contributed by atoms with Crippen LogP contribution in [0.4, 0.5) is 11.4 Å². The highest BCUT2D eigenvalue weighted by Crippen LogP contribution is 2.25. The number of anilines is 1. The molecule has 5 heteroatoms. The van der Waals surface area contributed by atoms with Gasteiger partial charge in [-0.2, -0.15) is 5.26 Å². The van der Waals surface area contributed by atoms with Gasteiger partial charge in [0, 0.05) is 0 Å². The summed E-state index contributed by atoms with van der Waals surface area (Å²) in [4.78, 5) is 0. The first-order valence-corrected chi connectivity index (χ1v) is 8.13. The highest BCUT2D eigenvalue weighted by atomic mass is 15.3. The van der Waals surface area contributed by atoms with Crippen molar-refractivity contribution < 1.29 is 0 Å². The molecule has 0 atom stereocenters. The number of hydrogen-bond donors (Lipinski definition) is 1. The summed E-state index contributed by atoms with van der Waals surface area (Å²) in [6.45, 7) is 12.1. The van der Waals surface area contributed by atoms with E-state index in [0.29, 0.717) is 0 Å². The molecule has 25 heavy (non-hydrogen) atoms. The van der Waals surface area contributed by atoms with Gasteiger partial charge in [0.1, 0.15) is 6.07 Å². The number of amidine groups is 1. The smallest absolute Gasteiger partial charge is 0.270 e. The van der Waals surface area contributed by atoms with Gasteiger partial charge in [0.05, 0.1) is 11.4 Å². The molecule has 0 aliphatic rings. The second-order valence-corrected chi connectivity index (χ2v) is 6.38. The lowest BCUT2D eigenvalue weighted by Gasteiger charge is -2.10. The number of azo groups is 1. The van der Waals surface area contributed by atoms with Crippen LogP contribution in [0.15, 0.2) is 39.6 Å². The van der Waals surface area contributed by atoms with Crippen LogP contribution in [0.3, 0.4) is 0 Å². The number of hydrogen-bond acceptors (Lipinski definition) is 4. The Hall–Kier alpha value is -3.00. The Bertz CT molecular complexity index is 855. The van der Waals surface area contributed by atoms with Gasteiger partial charge in [-0.3, -0.25) is 5.43 Å². The Morgan fingerprint density at radius 1 is 0.840 bits per heavy atom. The van der Waals surface area contributed by atoms with Crippen molar-refractivity contribution in [2.24, 2.45) is 15.3 Å². The average Bonchev–Trinajstić information content (AvgIpc) is 2.50. The Kier molecular flexibility index (Phi) is 5.66. The van der Waals surface area contributed by atoms with Gasteiger partial charge in [-0.1, -0.05) is 35.4 Å². The van der Waals surface area contributed by atoms with Gasteiger partial charge in [-0.15, -0.1) is 15.3 Å². The predicted molar refractivity (Wildman–Crippen MR) is 102 cm³/mol. The van der Waals surface area contributed by atoms with Crippen molar-refractivity contribution >= 4 is 17.2 Å². The second-order valence-electron chi connectivity index (χ2n) is 6.38. The third-order valence-electron chi connectivity index (χ3n) is 3.93. The molecule has 2 aromatic rings. The van der Waals surface area contributed by atoms with Crippen molar-refractivity contribution in [3.63, 3.8) is 0 Å². The van der Waals surface area contributed by atoms with Crippen LogP contribution in [0, 0.1) is 52.9 Å². The van der Waals surface area contributed by atoms with Crippen LogP contribution in [0.25, 0.3) is 0 Å². The number of nitrogens with zero attached hydrogens (tertiary/aromatic N) is 4. The Balaban J connectivity index is 2.27. The van der Waals surface area contributed by atoms with E-state index in [0.717, 1.165) is 33.6 Å². The van der Waals surface area contributed by atoms with E-state index >= 15 is 0 Å². The molecule has 0 amide bonds. The van der Waals surface area contributed by atoms with Gasteiger partial charge in [0.15, 0.2) is 0 Å². The minimum atomic E-state index is -0.0150. The lowest BCUT2D eigenvalue weighted by Crippen LogP contribution is -2.00. The van der Waals surface area contributed by atoms with E-state index in [1.54, 1.807) is 0 Å². The Labute approximate surface area is 149 Å². The first-order chi connectivity index (χ1) is 11.8. The molecule has 2 aromatic carbocycles. The highest BCUT2D eigenvalue weighted by molar-refractivity contribution is 5.97. The van der Waals surface area contributed by atoms with Gasteiger partial charge in [-0.25, -0.2) is 0 Å². The van der Waals surface area contributed by atoms with Gasteiger partial charge in [0.2, 0.25) is 0 Å². The lowest BCUT2D eigenvalue weighted by atomic mass is 10.1. The third-order valence-corrected chi connectivity index (χ3v) is 3.93. The average molecular weight is 333 g/mol. The first-order valence-electron chi connectivity index (χ1n) is 8.13. The fourth-order valence-electron chi connectivity index (χ4n) is 2.96. The molecule has 0 radical (unpaired) electrons. The zero-order valence-electron chi connectivity index (χ0n) is 15.6. The Morgan fingerprint density at radius 3 is 1.80 bits per heavy atom. The summed E-state index contributed by atoms with van der Waals surface area (Å²) >= 11 is 0. The number of benzene rings is 2. The molecule has 0 aliphatic carbocycles. The maximum absolute atomic E-state index is 9.27. The SMILES string of the molecule is Cc1cc(C)c(N=N/C(C#N)=N\Nc2c(C)cc(C)cc2C)c(C)c1. The van der Waals surface area contributed by atoms with Crippen LogP contribution in [-0.4, -0.2) is 5.84 Å². The molecule has 0 saturated carbocycles.